The van der Waals surface area contributed by atoms with Crippen molar-refractivity contribution in [3.63, 3.8) is 0 Å². The fourth-order valence-electron chi connectivity index (χ4n) is 5.08. The van der Waals surface area contributed by atoms with Gasteiger partial charge in [0.05, 0.1) is 23.4 Å². The Morgan fingerprint density at radius 2 is 1.78 bits per heavy atom. The number of aromatic nitrogens is 1. The molecule has 0 bridgehead atoms. The summed E-state index contributed by atoms with van der Waals surface area (Å²) in [4.78, 5) is 19.6. The van der Waals surface area contributed by atoms with Crippen molar-refractivity contribution in [3.8, 4) is 11.5 Å². The van der Waals surface area contributed by atoms with Crippen LogP contribution in [-0.4, -0.2) is 18.3 Å². The molecule has 1 unspecified atom stereocenters. The number of hydrogen-bond acceptors (Lipinski definition) is 5. The highest BCUT2D eigenvalue weighted by atomic mass is 32.1. The number of ether oxygens (including phenoxy) is 2. The van der Waals surface area contributed by atoms with Gasteiger partial charge in [-0.2, -0.15) is 0 Å². The molecule has 0 amide bonds. The minimum absolute atomic E-state index is 0.0260. The fraction of sp³-hybridized carbons (Fsp3) is 0.161. The molecule has 6 rings (SSSR count). The maximum atomic E-state index is 13.9. The molecule has 0 spiro atoms. The van der Waals surface area contributed by atoms with E-state index in [9.17, 15) is 4.79 Å². The Labute approximate surface area is 219 Å². The number of nitrogens with zero attached hydrogens (tertiary/aromatic N) is 2. The van der Waals surface area contributed by atoms with E-state index < -0.39 is 0 Å². The number of thiazole rings is 1. The molecule has 1 aliphatic heterocycles. The van der Waals surface area contributed by atoms with Gasteiger partial charge in [-0.15, -0.1) is 0 Å². The SMILES string of the molecule is C=CCOc1ccc(C=c2sc3n(c2=O)C(c2ccc(OC)cc2)C2=C(N=3)c3ccccc3CC2)cc1. The third-order valence-corrected chi connectivity index (χ3v) is 7.83. The lowest BCUT2D eigenvalue weighted by molar-refractivity contribution is 0.363. The summed E-state index contributed by atoms with van der Waals surface area (Å²) in [5.41, 5.74) is 6.62. The first-order valence-electron chi connectivity index (χ1n) is 12.3. The topological polar surface area (TPSA) is 52.8 Å². The van der Waals surface area contributed by atoms with Gasteiger partial charge in [-0.05, 0) is 65.4 Å². The van der Waals surface area contributed by atoms with Crippen molar-refractivity contribution in [1.82, 2.24) is 4.57 Å². The molecule has 1 atom stereocenters. The average molecular weight is 507 g/mol. The third kappa shape index (κ3) is 4.23. The predicted octanol–water partition coefficient (Wildman–Crippen LogP) is 4.89. The minimum atomic E-state index is -0.206. The molecule has 5 nitrogen and oxygen atoms in total. The van der Waals surface area contributed by atoms with Crippen LogP contribution in [0.3, 0.4) is 0 Å². The van der Waals surface area contributed by atoms with Gasteiger partial charge in [0.1, 0.15) is 18.1 Å². The molecular weight excluding hydrogens is 480 g/mol. The number of fused-ring (bicyclic) bond motifs is 3. The molecule has 0 saturated carbocycles. The van der Waals surface area contributed by atoms with Gasteiger partial charge in [0.2, 0.25) is 0 Å². The van der Waals surface area contributed by atoms with Crippen LogP contribution in [0.2, 0.25) is 0 Å². The van der Waals surface area contributed by atoms with Gasteiger partial charge < -0.3 is 9.47 Å². The van der Waals surface area contributed by atoms with E-state index in [-0.39, 0.29) is 11.6 Å². The molecule has 184 valence electrons. The smallest absolute Gasteiger partial charge is 0.271 e. The Bertz CT molecular complexity index is 1690. The summed E-state index contributed by atoms with van der Waals surface area (Å²) in [6.45, 7) is 4.14. The predicted molar refractivity (Wildman–Crippen MR) is 148 cm³/mol. The standard InChI is InChI=1S/C31H26N2O3S/c1-3-18-36-24-13-8-20(9-14-24)19-27-30(34)33-29(22-10-15-23(35-2)16-11-22)26-17-12-21-6-4-5-7-25(21)28(26)32-31(33)37-27/h3-11,13-16,19,29H,1,12,17-18H2,2H3. The Morgan fingerprint density at radius 1 is 1.03 bits per heavy atom. The van der Waals surface area contributed by atoms with E-state index in [0.29, 0.717) is 11.1 Å². The molecular formula is C31H26N2O3S. The zero-order valence-electron chi connectivity index (χ0n) is 20.5. The van der Waals surface area contributed by atoms with Crippen molar-refractivity contribution >= 4 is 23.1 Å². The van der Waals surface area contributed by atoms with E-state index in [4.69, 9.17) is 14.5 Å². The summed E-state index contributed by atoms with van der Waals surface area (Å²) in [5, 5.41) is 0. The van der Waals surface area contributed by atoms with Crippen molar-refractivity contribution in [1.29, 1.82) is 0 Å². The van der Waals surface area contributed by atoms with Gasteiger partial charge >= 0.3 is 0 Å². The van der Waals surface area contributed by atoms with Crippen LogP contribution in [-0.2, 0) is 6.42 Å². The van der Waals surface area contributed by atoms with Crippen LogP contribution < -0.4 is 24.4 Å². The molecule has 0 radical (unpaired) electrons. The first kappa shape index (κ1) is 23.3. The van der Waals surface area contributed by atoms with Crippen LogP contribution in [0.25, 0.3) is 11.8 Å². The van der Waals surface area contributed by atoms with E-state index in [1.54, 1.807) is 13.2 Å². The van der Waals surface area contributed by atoms with Gasteiger partial charge in [0.25, 0.3) is 5.56 Å². The monoisotopic (exact) mass is 506 g/mol. The van der Waals surface area contributed by atoms with Gasteiger partial charge in [-0.25, -0.2) is 4.99 Å². The highest BCUT2D eigenvalue weighted by molar-refractivity contribution is 7.07. The van der Waals surface area contributed by atoms with E-state index in [1.165, 1.54) is 22.5 Å². The largest absolute Gasteiger partial charge is 0.497 e. The number of rotatable bonds is 6. The summed E-state index contributed by atoms with van der Waals surface area (Å²) in [6.07, 6.45) is 5.44. The van der Waals surface area contributed by atoms with Gasteiger partial charge in [0.15, 0.2) is 4.80 Å². The lowest BCUT2D eigenvalue weighted by Crippen LogP contribution is -2.38. The molecule has 0 fully saturated rings. The van der Waals surface area contributed by atoms with E-state index in [1.807, 2.05) is 47.0 Å². The summed E-state index contributed by atoms with van der Waals surface area (Å²) in [5.74, 6) is 1.56. The highest BCUT2D eigenvalue weighted by Crippen LogP contribution is 2.41. The summed E-state index contributed by atoms with van der Waals surface area (Å²) < 4.78 is 13.5. The normalized spacial score (nSPS) is 16.4. The summed E-state index contributed by atoms with van der Waals surface area (Å²) in [6, 6.07) is 24.0. The number of hydrogen-bond donors (Lipinski definition) is 0. The van der Waals surface area contributed by atoms with Crippen LogP contribution in [0, 0.1) is 0 Å². The average Bonchev–Trinajstić information content (AvgIpc) is 3.25. The third-order valence-electron chi connectivity index (χ3n) is 6.85. The second kappa shape index (κ2) is 9.71. The van der Waals surface area contributed by atoms with Crippen molar-refractivity contribution in [2.75, 3.05) is 13.7 Å². The first-order valence-corrected chi connectivity index (χ1v) is 13.1. The van der Waals surface area contributed by atoms with E-state index in [0.717, 1.165) is 51.5 Å². The van der Waals surface area contributed by atoms with Crippen LogP contribution in [0.1, 0.15) is 34.7 Å². The number of methoxy groups -OCH3 is 1. The van der Waals surface area contributed by atoms with Gasteiger partial charge in [-0.3, -0.25) is 9.36 Å². The lowest BCUT2D eigenvalue weighted by atomic mass is 9.83. The molecule has 3 aromatic carbocycles. The van der Waals surface area contributed by atoms with Crippen molar-refractivity contribution in [2.24, 2.45) is 4.99 Å². The number of aryl methyl sites for hydroxylation is 1. The van der Waals surface area contributed by atoms with Crippen molar-refractivity contribution < 1.29 is 9.47 Å². The van der Waals surface area contributed by atoms with E-state index in [2.05, 4.69) is 43.0 Å². The van der Waals surface area contributed by atoms with Crippen molar-refractivity contribution in [2.45, 2.75) is 18.9 Å². The maximum absolute atomic E-state index is 13.9. The zero-order chi connectivity index (χ0) is 25.4. The molecule has 4 aromatic rings. The second-order valence-electron chi connectivity index (χ2n) is 9.06. The highest BCUT2D eigenvalue weighted by Gasteiger charge is 2.32. The lowest BCUT2D eigenvalue weighted by Gasteiger charge is -2.30. The molecule has 37 heavy (non-hydrogen) atoms. The summed E-state index contributed by atoms with van der Waals surface area (Å²) >= 11 is 1.44. The Balaban J connectivity index is 1.51. The van der Waals surface area contributed by atoms with Crippen LogP contribution in [0.15, 0.2) is 101 Å². The second-order valence-corrected chi connectivity index (χ2v) is 10.1. The zero-order valence-corrected chi connectivity index (χ0v) is 21.3. The van der Waals surface area contributed by atoms with Crippen LogP contribution in [0.4, 0.5) is 0 Å². The van der Waals surface area contributed by atoms with Gasteiger partial charge in [-0.1, -0.05) is 72.5 Å². The first-order chi connectivity index (χ1) is 18.2. The molecule has 6 heteroatoms. The Morgan fingerprint density at radius 3 is 2.54 bits per heavy atom. The van der Waals surface area contributed by atoms with Gasteiger partial charge in [0, 0.05) is 5.56 Å². The molecule has 2 heterocycles. The Kier molecular flexibility index (Phi) is 6.10. The minimum Gasteiger partial charge on any atom is -0.497 e. The van der Waals surface area contributed by atoms with Crippen LogP contribution >= 0.6 is 11.3 Å². The maximum Gasteiger partial charge on any atom is 0.271 e. The molecule has 2 aliphatic rings. The number of benzene rings is 3. The fourth-order valence-corrected chi connectivity index (χ4v) is 6.08. The van der Waals surface area contributed by atoms with Crippen LogP contribution in [0.5, 0.6) is 11.5 Å². The van der Waals surface area contributed by atoms with Crippen molar-refractivity contribution in [3.05, 3.63) is 133 Å². The molecule has 0 N–H and O–H groups in total. The van der Waals surface area contributed by atoms with E-state index >= 15 is 0 Å². The summed E-state index contributed by atoms with van der Waals surface area (Å²) in [7, 11) is 1.66. The quantitative estimate of drug-likeness (QED) is 0.350. The molecule has 1 aromatic heterocycles. The Hall–Kier alpha value is -4.16. The molecule has 0 saturated heterocycles. The number of allylic oxidation sites excluding steroid dienone is 1. The molecule has 1 aliphatic carbocycles.